The fourth-order valence-corrected chi connectivity index (χ4v) is 2.70. The molecule has 1 unspecified atom stereocenters. The molecule has 2 nitrogen and oxygen atoms in total. The van der Waals surface area contributed by atoms with Crippen LogP contribution in [0.15, 0.2) is 18.2 Å². The molecule has 0 spiro atoms. The molecule has 1 saturated heterocycles. The lowest BCUT2D eigenvalue weighted by Crippen LogP contribution is -2.50. The summed E-state index contributed by atoms with van der Waals surface area (Å²) in [6.45, 7) is 5.50. The highest BCUT2D eigenvalue weighted by Crippen LogP contribution is 2.29. The van der Waals surface area contributed by atoms with E-state index in [0.29, 0.717) is 6.42 Å². The maximum Gasteiger partial charge on any atom is 0.185 e. The van der Waals surface area contributed by atoms with Gasteiger partial charge < -0.3 is 0 Å². The fraction of sp³-hybridized carbons (Fsp3) is 0.533. The molecule has 104 valence electrons. The SMILES string of the molecule is CCC(C)(C(=O)c1ccc(F)cc1F)N1CCCC1. The first-order chi connectivity index (χ1) is 8.99. The molecule has 1 aliphatic heterocycles. The number of hydrogen-bond acceptors (Lipinski definition) is 2. The number of Topliss-reactive ketones (excluding diaryl/α,β-unsaturated/α-hetero) is 1. The van der Waals surface area contributed by atoms with Crippen molar-refractivity contribution in [2.45, 2.75) is 38.6 Å². The largest absolute Gasteiger partial charge is 0.292 e. The summed E-state index contributed by atoms with van der Waals surface area (Å²) in [4.78, 5) is 14.7. The van der Waals surface area contributed by atoms with Crippen molar-refractivity contribution in [2.75, 3.05) is 13.1 Å². The maximum atomic E-state index is 13.8. The van der Waals surface area contributed by atoms with E-state index in [2.05, 4.69) is 4.90 Å². The predicted molar refractivity (Wildman–Crippen MR) is 70.2 cm³/mol. The Labute approximate surface area is 112 Å². The summed E-state index contributed by atoms with van der Waals surface area (Å²) in [6, 6.07) is 3.15. The van der Waals surface area contributed by atoms with Crippen molar-refractivity contribution < 1.29 is 13.6 Å². The minimum absolute atomic E-state index is 0.0161. The molecule has 2 rings (SSSR count). The second kappa shape index (κ2) is 5.37. The van der Waals surface area contributed by atoms with Crippen molar-refractivity contribution in [2.24, 2.45) is 0 Å². The van der Waals surface area contributed by atoms with Crippen molar-refractivity contribution in [3.63, 3.8) is 0 Å². The minimum atomic E-state index is -0.774. The molecular formula is C15H19F2NO. The number of benzene rings is 1. The van der Waals surface area contributed by atoms with E-state index in [-0.39, 0.29) is 11.3 Å². The van der Waals surface area contributed by atoms with Gasteiger partial charge in [0.15, 0.2) is 5.78 Å². The monoisotopic (exact) mass is 267 g/mol. The molecule has 0 aliphatic carbocycles. The van der Waals surface area contributed by atoms with E-state index >= 15 is 0 Å². The van der Waals surface area contributed by atoms with Crippen LogP contribution < -0.4 is 0 Å². The molecule has 1 heterocycles. The Morgan fingerprint density at radius 2 is 1.95 bits per heavy atom. The lowest BCUT2D eigenvalue weighted by molar-refractivity contribution is 0.0643. The Morgan fingerprint density at radius 1 is 1.32 bits per heavy atom. The molecule has 0 bridgehead atoms. The molecule has 0 aromatic heterocycles. The molecule has 1 aliphatic rings. The Bertz CT molecular complexity index is 483. The van der Waals surface area contributed by atoms with Crippen molar-refractivity contribution >= 4 is 5.78 Å². The van der Waals surface area contributed by atoms with E-state index in [1.807, 2.05) is 13.8 Å². The topological polar surface area (TPSA) is 20.3 Å². The molecule has 1 fully saturated rings. The Hall–Kier alpha value is -1.29. The van der Waals surface area contributed by atoms with Crippen LogP contribution in [0.4, 0.5) is 8.78 Å². The fourth-order valence-electron chi connectivity index (χ4n) is 2.70. The van der Waals surface area contributed by atoms with E-state index < -0.39 is 17.2 Å². The second-order valence-electron chi connectivity index (χ2n) is 5.27. The third-order valence-electron chi connectivity index (χ3n) is 4.16. The first-order valence-corrected chi connectivity index (χ1v) is 6.74. The van der Waals surface area contributed by atoms with E-state index in [9.17, 15) is 13.6 Å². The predicted octanol–water partition coefficient (Wildman–Crippen LogP) is 3.41. The van der Waals surface area contributed by atoms with Crippen molar-refractivity contribution in [3.05, 3.63) is 35.4 Å². The summed E-state index contributed by atoms with van der Waals surface area (Å²) in [5, 5.41) is 0. The van der Waals surface area contributed by atoms with Gasteiger partial charge in [0.1, 0.15) is 11.6 Å². The normalized spacial score (nSPS) is 19.4. The number of halogens is 2. The third-order valence-corrected chi connectivity index (χ3v) is 4.16. The number of carbonyl (C=O) groups is 1. The van der Waals surface area contributed by atoms with Gasteiger partial charge in [-0.25, -0.2) is 8.78 Å². The number of likely N-dealkylation sites (tertiary alicyclic amines) is 1. The van der Waals surface area contributed by atoms with E-state index in [1.165, 1.54) is 6.07 Å². The zero-order valence-electron chi connectivity index (χ0n) is 11.4. The third kappa shape index (κ3) is 2.54. The summed E-state index contributed by atoms with van der Waals surface area (Å²) >= 11 is 0. The number of nitrogens with zero attached hydrogens (tertiary/aromatic N) is 1. The van der Waals surface area contributed by atoms with Gasteiger partial charge in [0.25, 0.3) is 0 Å². The molecule has 1 aromatic rings. The van der Waals surface area contributed by atoms with Crippen LogP contribution in [0, 0.1) is 11.6 Å². The van der Waals surface area contributed by atoms with Gasteiger partial charge in [0.2, 0.25) is 0 Å². The van der Waals surface area contributed by atoms with Gasteiger partial charge in [-0.3, -0.25) is 9.69 Å². The van der Waals surface area contributed by atoms with Crippen LogP contribution in [0.5, 0.6) is 0 Å². The quantitative estimate of drug-likeness (QED) is 0.779. The summed E-state index contributed by atoms with van der Waals surface area (Å²) in [7, 11) is 0. The van der Waals surface area contributed by atoms with Crippen LogP contribution in [0.1, 0.15) is 43.5 Å². The summed E-state index contributed by atoms with van der Waals surface area (Å²) in [5.74, 6) is -1.69. The smallest absolute Gasteiger partial charge is 0.185 e. The van der Waals surface area contributed by atoms with Crippen LogP contribution in [0.25, 0.3) is 0 Å². The van der Waals surface area contributed by atoms with E-state index in [1.54, 1.807) is 0 Å². The lowest BCUT2D eigenvalue weighted by Gasteiger charge is -2.36. The zero-order chi connectivity index (χ0) is 14.0. The number of rotatable bonds is 4. The molecule has 0 amide bonds. The van der Waals surface area contributed by atoms with Crippen LogP contribution >= 0.6 is 0 Å². The molecular weight excluding hydrogens is 248 g/mol. The Morgan fingerprint density at radius 3 is 2.47 bits per heavy atom. The second-order valence-corrected chi connectivity index (χ2v) is 5.27. The van der Waals surface area contributed by atoms with E-state index in [0.717, 1.165) is 38.1 Å². The number of hydrogen-bond donors (Lipinski definition) is 0. The highest BCUT2D eigenvalue weighted by Gasteiger charge is 2.40. The van der Waals surface area contributed by atoms with Gasteiger partial charge in [-0.05, 0) is 51.4 Å². The summed E-state index contributed by atoms with van der Waals surface area (Å²) in [5.41, 5.74) is -0.715. The van der Waals surface area contributed by atoms with Gasteiger partial charge in [0.05, 0.1) is 11.1 Å². The van der Waals surface area contributed by atoms with Crippen LogP contribution in [-0.4, -0.2) is 29.3 Å². The molecule has 0 N–H and O–H groups in total. The van der Waals surface area contributed by atoms with E-state index in [4.69, 9.17) is 0 Å². The standard InChI is InChI=1S/C15H19F2NO/c1-3-15(2,18-8-4-5-9-18)14(19)12-7-6-11(16)10-13(12)17/h6-7,10H,3-5,8-9H2,1-2H3. The number of carbonyl (C=O) groups excluding carboxylic acids is 1. The molecule has 1 atom stereocenters. The van der Waals surface area contributed by atoms with Crippen LogP contribution in [0.2, 0.25) is 0 Å². The van der Waals surface area contributed by atoms with Crippen LogP contribution in [-0.2, 0) is 0 Å². The lowest BCUT2D eigenvalue weighted by atomic mass is 9.87. The van der Waals surface area contributed by atoms with Gasteiger partial charge in [-0.2, -0.15) is 0 Å². The summed E-state index contributed by atoms with van der Waals surface area (Å²) < 4.78 is 26.7. The zero-order valence-corrected chi connectivity index (χ0v) is 11.4. The Kier molecular flexibility index (Phi) is 3.99. The molecule has 0 radical (unpaired) electrons. The van der Waals surface area contributed by atoms with Crippen molar-refractivity contribution in [3.8, 4) is 0 Å². The highest BCUT2D eigenvalue weighted by molar-refractivity contribution is 6.03. The molecule has 1 aromatic carbocycles. The van der Waals surface area contributed by atoms with Gasteiger partial charge in [0, 0.05) is 6.07 Å². The van der Waals surface area contributed by atoms with Crippen molar-refractivity contribution in [1.29, 1.82) is 0 Å². The average molecular weight is 267 g/mol. The highest BCUT2D eigenvalue weighted by atomic mass is 19.1. The maximum absolute atomic E-state index is 13.8. The first kappa shape index (κ1) is 14.1. The van der Waals surface area contributed by atoms with Crippen molar-refractivity contribution in [1.82, 2.24) is 4.90 Å². The molecule has 4 heteroatoms. The van der Waals surface area contributed by atoms with Crippen LogP contribution in [0.3, 0.4) is 0 Å². The van der Waals surface area contributed by atoms with Gasteiger partial charge in [-0.1, -0.05) is 6.92 Å². The summed E-state index contributed by atoms with van der Waals surface area (Å²) in [6.07, 6.45) is 2.74. The van der Waals surface area contributed by atoms with Gasteiger partial charge in [-0.15, -0.1) is 0 Å². The number of ketones is 1. The first-order valence-electron chi connectivity index (χ1n) is 6.74. The molecule has 0 saturated carbocycles. The average Bonchev–Trinajstić information content (AvgIpc) is 2.91. The minimum Gasteiger partial charge on any atom is -0.292 e. The Balaban J connectivity index is 2.34. The molecule has 19 heavy (non-hydrogen) atoms. The van der Waals surface area contributed by atoms with Gasteiger partial charge >= 0.3 is 0 Å².